The molecule has 8 heteroatoms. The standard InChI is InChI=1S/C18H26O8/c1-7(2)10-5-9(6-11(8(3)4)12(10)19)25-18-15(22)13(20)14(21)16(26-18)17(23)24/h5-8,13-16,18-22H,1-4H3,(H,23,24)/t13-,14-,15-,16+,18+/m1/s1. The number of phenolic OH excluding ortho intramolecular Hbond substituents is 1. The highest BCUT2D eigenvalue weighted by Gasteiger charge is 2.48. The average Bonchev–Trinajstić information content (AvgIpc) is 2.55. The molecule has 0 aliphatic carbocycles. The maximum absolute atomic E-state index is 11.2. The zero-order valence-electron chi connectivity index (χ0n) is 15.2. The number of benzene rings is 1. The van der Waals surface area contributed by atoms with Gasteiger partial charge in [-0.3, -0.25) is 0 Å². The molecule has 0 saturated carbocycles. The van der Waals surface area contributed by atoms with Gasteiger partial charge in [0, 0.05) is 11.1 Å². The molecule has 26 heavy (non-hydrogen) atoms. The van der Waals surface area contributed by atoms with Crippen LogP contribution in [-0.4, -0.2) is 62.2 Å². The van der Waals surface area contributed by atoms with E-state index in [9.17, 15) is 25.2 Å². The summed E-state index contributed by atoms with van der Waals surface area (Å²) in [6, 6.07) is 3.16. The van der Waals surface area contributed by atoms with Crippen LogP contribution in [0.1, 0.15) is 50.7 Å². The number of carboxylic acids is 1. The number of carbonyl (C=O) groups is 1. The number of hydrogen-bond acceptors (Lipinski definition) is 7. The summed E-state index contributed by atoms with van der Waals surface area (Å²) in [5.74, 6) is -1.08. The number of rotatable bonds is 5. The van der Waals surface area contributed by atoms with E-state index < -0.39 is 36.7 Å². The molecule has 1 heterocycles. The molecule has 1 aliphatic rings. The third kappa shape index (κ3) is 3.93. The summed E-state index contributed by atoms with van der Waals surface area (Å²) >= 11 is 0. The van der Waals surface area contributed by atoms with Crippen molar-refractivity contribution in [3.63, 3.8) is 0 Å². The summed E-state index contributed by atoms with van der Waals surface area (Å²) in [6.07, 6.45) is -8.37. The van der Waals surface area contributed by atoms with Crippen LogP contribution in [0.15, 0.2) is 12.1 Å². The van der Waals surface area contributed by atoms with Crippen molar-refractivity contribution in [2.75, 3.05) is 0 Å². The second-order valence-corrected chi connectivity index (χ2v) is 7.11. The zero-order chi connectivity index (χ0) is 19.8. The van der Waals surface area contributed by atoms with Crippen LogP contribution < -0.4 is 4.74 Å². The molecular weight excluding hydrogens is 344 g/mol. The molecule has 5 N–H and O–H groups in total. The number of aliphatic hydroxyl groups excluding tert-OH is 3. The van der Waals surface area contributed by atoms with Gasteiger partial charge in [-0.25, -0.2) is 4.79 Å². The molecular formula is C18H26O8. The van der Waals surface area contributed by atoms with Crippen LogP contribution in [0.2, 0.25) is 0 Å². The second kappa shape index (κ2) is 7.79. The predicted molar refractivity (Wildman–Crippen MR) is 91.2 cm³/mol. The Balaban J connectivity index is 2.35. The summed E-state index contributed by atoms with van der Waals surface area (Å²) in [5, 5.41) is 49.2. The Bertz CT molecular complexity index is 628. The number of ether oxygens (including phenoxy) is 2. The monoisotopic (exact) mass is 370 g/mol. The summed E-state index contributed by atoms with van der Waals surface area (Å²) in [6.45, 7) is 7.59. The van der Waals surface area contributed by atoms with Gasteiger partial charge in [0.25, 0.3) is 0 Å². The molecule has 1 aromatic carbocycles. The largest absolute Gasteiger partial charge is 0.507 e. The third-order valence-electron chi connectivity index (χ3n) is 4.45. The maximum Gasteiger partial charge on any atom is 0.335 e. The molecule has 0 spiro atoms. The van der Waals surface area contributed by atoms with Gasteiger partial charge in [-0.2, -0.15) is 0 Å². The van der Waals surface area contributed by atoms with Crippen molar-refractivity contribution >= 4 is 5.97 Å². The maximum atomic E-state index is 11.2. The number of hydrogen-bond donors (Lipinski definition) is 5. The summed E-state index contributed by atoms with van der Waals surface area (Å²) < 4.78 is 10.7. The number of aromatic hydroxyl groups is 1. The van der Waals surface area contributed by atoms with E-state index in [2.05, 4.69) is 0 Å². The van der Waals surface area contributed by atoms with Crippen molar-refractivity contribution in [1.29, 1.82) is 0 Å². The molecule has 2 rings (SSSR count). The van der Waals surface area contributed by atoms with Crippen molar-refractivity contribution in [2.24, 2.45) is 0 Å². The molecule has 0 radical (unpaired) electrons. The van der Waals surface area contributed by atoms with Crippen molar-refractivity contribution in [2.45, 2.75) is 70.2 Å². The number of phenols is 1. The predicted octanol–water partition coefficient (Wildman–Crippen LogP) is 0.910. The fraction of sp³-hybridized carbons (Fsp3) is 0.611. The van der Waals surface area contributed by atoms with Crippen molar-refractivity contribution in [1.82, 2.24) is 0 Å². The van der Waals surface area contributed by atoms with Crippen LogP contribution in [0.5, 0.6) is 11.5 Å². The van der Waals surface area contributed by atoms with E-state index in [1.807, 2.05) is 27.7 Å². The van der Waals surface area contributed by atoms with Gasteiger partial charge >= 0.3 is 5.97 Å². The van der Waals surface area contributed by atoms with Crippen molar-refractivity contribution in [3.05, 3.63) is 23.3 Å². The molecule has 0 amide bonds. The first-order chi connectivity index (χ1) is 12.0. The van der Waals surface area contributed by atoms with Gasteiger partial charge in [-0.15, -0.1) is 0 Å². The third-order valence-corrected chi connectivity index (χ3v) is 4.45. The Morgan fingerprint density at radius 1 is 1.00 bits per heavy atom. The van der Waals surface area contributed by atoms with E-state index in [1.165, 1.54) is 0 Å². The summed E-state index contributed by atoms with van der Waals surface area (Å²) in [4.78, 5) is 11.2. The summed E-state index contributed by atoms with van der Waals surface area (Å²) in [7, 11) is 0. The molecule has 146 valence electrons. The van der Waals surface area contributed by atoms with E-state index in [1.54, 1.807) is 12.1 Å². The molecule has 1 aromatic rings. The molecule has 8 nitrogen and oxygen atoms in total. The quantitative estimate of drug-likeness (QED) is 0.516. The van der Waals surface area contributed by atoms with Gasteiger partial charge < -0.3 is 35.0 Å². The second-order valence-electron chi connectivity index (χ2n) is 7.11. The van der Waals surface area contributed by atoms with E-state index in [-0.39, 0.29) is 23.3 Å². The van der Waals surface area contributed by atoms with Gasteiger partial charge in [0.05, 0.1) is 0 Å². The highest BCUT2D eigenvalue weighted by molar-refractivity contribution is 5.73. The zero-order valence-corrected chi connectivity index (χ0v) is 15.2. The van der Waals surface area contributed by atoms with E-state index in [0.717, 1.165) is 0 Å². The van der Waals surface area contributed by atoms with E-state index >= 15 is 0 Å². The van der Waals surface area contributed by atoms with E-state index in [4.69, 9.17) is 14.6 Å². The normalized spacial score (nSPS) is 29.2. The number of carboxylic acid groups (broad SMARTS) is 1. The van der Waals surface area contributed by atoms with Crippen LogP contribution in [-0.2, 0) is 9.53 Å². The summed E-state index contributed by atoms with van der Waals surface area (Å²) in [5.41, 5.74) is 1.26. The lowest BCUT2D eigenvalue weighted by Gasteiger charge is -2.38. The lowest BCUT2D eigenvalue weighted by molar-refractivity contribution is -0.271. The van der Waals surface area contributed by atoms with Gasteiger partial charge in [0.15, 0.2) is 6.10 Å². The minimum Gasteiger partial charge on any atom is -0.507 e. The van der Waals surface area contributed by atoms with Gasteiger partial charge in [0.1, 0.15) is 29.8 Å². The molecule has 1 aliphatic heterocycles. The Hall–Kier alpha value is -1.87. The van der Waals surface area contributed by atoms with Crippen LogP contribution in [0.4, 0.5) is 0 Å². The number of aliphatic carboxylic acids is 1. The first kappa shape index (κ1) is 20.4. The highest BCUT2D eigenvalue weighted by Crippen LogP contribution is 2.38. The van der Waals surface area contributed by atoms with Gasteiger partial charge in [0.2, 0.25) is 6.29 Å². The molecule has 0 aromatic heterocycles. The first-order valence-electron chi connectivity index (χ1n) is 8.50. The van der Waals surface area contributed by atoms with Crippen molar-refractivity contribution < 1.29 is 39.8 Å². The molecule has 1 fully saturated rings. The fourth-order valence-corrected chi connectivity index (χ4v) is 2.88. The first-order valence-corrected chi connectivity index (χ1v) is 8.50. The Kier molecular flexibility index (Phi) is 6.13. The molecule has 5 atom stereocenters. The smallest absolute Gasteiger partial charge is 0.335 e. The molecule has 1 saturated heterocycles. The minimum absolute atomic E-state index is 0.00701. The Labute approximate surface area is 151 Å². The number of aliphatic hydroxyl groups is 3. The lowest BCUT2D eigenvalue weighted by Crippen LogP contribution is -2.61. The van der Waals surface area contributed by atoms with Crippen LogP contribution >= 0.6 is 0 Å². The molecule has 0 bridgehead atoms. The van der Waals surface area contributed by atoms with Gasteiger partial charge in [-0.1, -0.05) is 27.7 Å². The Morgan fingerprint density at radius 2 is 1.50 bits per heavy atom. The Morgan fingerprint density at radius 3 is 1.92 bits per heavy atom. The van der Waals surface area contributed by atoms with E-state index in [0.29, 0.717) is 11.1 Å². The van der Waals surface area contributed by atoms with Crippen LogP contribution in [0.25, 0.3) is 0 Å². The van der Waals surface area contributed by atoms with Crippen LogP contribution in [0, 0.1) is 0 Å². The highest BCUT2D eigenvalue weighted by atomic mass is 16.7. The van der Waals surface area contributed by atoms with Gasteiger partial charge in [-0.05, 0) is 24.0 Å². The fourth-order valence-electron chi connectivity index (χ4n) is 2.88. The lowest BCUT2D eigenvalue weighted by atomic mass is 9.93. The molecule has 0 unspecified atom stereocenters. The SMILES string of the molecule is CC(C)c1cc(O[C@H]2O[C@H](C(=O)O)[C@H](O)[C@@H](O)[C@H]2O)cc(C(C)C)c1O. The average molecular weight is 370 g/mol. The minimum atomic E-state index is -1.78. The van der Waals surface area contributed by atoms with Crippen molar-refractivity contribution in [3.8, 4) is 11.5 Å². The topological polar surface area (TPSA) is 137 Å². The van der Waals surface area contributed by atoms with Crippen LogP contribution in [0.3, 0.4) is 0 Å².